The Morgan fingerprint density at radius 1 is 1.32 bits per heavy atom. The van der Waals surface area contributed by atoms with Crippen molar-refractivity contribution in [3.63, 3.8) is 0 Å². The number of nitrogens with one attached hydrogen (secondary N) is 3. The molecule has 1 aliphatic rings. The molecule has 0 fully saturated rings. The maximum absolute atomic E-state index is 12.5. The molecular formula is C16H22N6O3. The average Bonchev–Trinajstić information content (AvgIpc) is 3.16. The molecule has 0 radical (unpaired) electrons. The first-order chi connectivity index (χ1) is 12.0. The molecule has 9 nitrogen and oxygen atoms in total. The van der Waals surface area contributed by atoms with Crippen molar-refractivity contribution in [1.82, 2.24) is 30.2 Å². The normalized spacial score (nSPS) is 13.6. The van der Waals surface area contributed by atoms with Gasteiger partial charge in [0, 0.05) is 24.2 Å². The molecule has 2 amide bonds. The van der Waals surface area contributed by atoms with Crippen LogP contribution in [0.1, 0.15) is 36.0 Å². The molecule has 0 aromatic carbocycles. The number of fused-ring (bicyclic) bond motifs is 1. The molecule has 0 saturated heterocycles. The molecule has 2 aromatic rings. The number of rotatable bonds is 5. The van der Waals surface area contributed by atoms with E-state index < -0.39 is 0 Å². The SMILES string of the molecule is CCC(=O)NCc1cc2n(n1)CCN(C(=O)Cc1c(C)[nH][nH]c1=O)C2. The van der Waals surface area contributed by atoms with Crippen molar-refractivity contribution < 1.29 is 9.59 Å². The fourth-order valence-electron chi connectivity index (χ4n) is 2.89. The summed E-state index contributed by atoms with van der Waals surface area (Å²) in [6.45, 7) is 5.56. The van der Waals surface area contributed by atoms with E-state index in [-0.39, 0.29) is 23.8 Å². The standard InChI is InChI=1S/C16H22N6O3/c1-3-14(23)17-8-11-6-12-9-21(4-5-22(12)20-11)15(24)7-13-10(2)18-19-16(13)25/h6H,3-5,7-9H2,1-2H3,(H,17,23)(H2,18,19,25). The molecule has 0 spiro atoms. The highest BCUT2D eigenvalue weighted by molar-refractivity contribution is 5.79. The van der Waals surface area contributed by atoms with Gasteiger partial charge in [0.2, 0.25) is 11.8 Å². The molecule has 0 unspecified atom stereocenters. The van der Waals surface area contributed by atoms with Gasteiger partial charge in [0.05, 0.1) is 37.4 Å². The third kappa shape index (κ3) is 3.65. The van der Waals surface area contributed by atoms with Gasteiger partial charge in [0.15, 0.2) is 0 Å². The Bertz CT molecular complexity index is 846. The summed E-state index contributed by atoms with van der Waals surface area (Å²) in [5.74, 6) is -0.101. The molecular weight excluding hydrogens is 324 g/mol. The molecule has 9 heteroatoms. The molecule has 25 heavy (non-hydrogen) atoms. The van der Waals surface area contributed by atoms with Crippen LogP contribution in [0, 0.1) is 6.92 Å². The zero-order valence-electron chi connectivity index (χ0n) is 14.4. The highest BCUT2D eigenvalue weighted by atomic mass is 16.2. The predicted molar refractivity (Wildman–Crippen MR) is 89.6 cm³/mol. The second kappa shape index (κ2) is 6.96. The second-order valence-electron chi connectivity index (χ2n) is 6.16. The lowest BCUT2D eigenvalue weighted by Gasteiger charge is -2.27. The van der Waals surface area contributed by atoms with Gasteiger partial charge in [0.25, 0.3) is 5.56 Å². The van der Waals surface area contributed by atoms with Crippen LogP contribution in [0.3, 0.4) is 0 Å². The Balaban J connectivity index is 1.64. The predicted octanol–water partition coefficient (Wildman–Crippen LogP) is -0.181. The van der Waals surface area contributed by atoms with Crippen molar-refractivity contribution in [1.29, 1.82) is 0 Å². The summed E-state index contributed by atoms with van der Waals surface area (Å²) >= 11 is 0. The molecule has 2 aromatic heterocycles. The van der Waals surface area contributed by atoms with Crippen molar-refractivity contribution >= 4 is 11.8 Å². The van der Waals surface area contributed by atoms with Crippen LogP contribution in [0.4, 0.5) is 0 Å². The highest BCUT2D eigenvalue weighted by Gasteiger charge is 2.24. The molecule has 0 atom stereocenters. The lowest BCUT2D eigenvalue weighted by Crippen LogP contribution is -2.39. The quantitative estimate of drug-likeness (QED) is 0.696. The van der Waals surface area contributed by atoms with Gasteiger partial charge >= 0.3 is 0 Å². The topological polar surface area (TPSA) is 116 Å². The monoisotopic (exact) mass is 346 g/mol. The van der Waals surface area contributed by atoms with E-state index in [1.165, 1.54) is 0 Å². The molecule has 134 valence electrons. The fraction of sp³-hybridized carbons (Fsp3) is 0.500. The van der Waals surface area contributed by atoms with Crippen LogP contribution in [0.2, 0.25) is 0 Å². The Kier molecular flexibility index (Phi) is 4.73. The van der Waals surface area contributed by atoms with E-state index in [9.17, 15) is 14.4 Å². The van der Waals surface area contributed by atoms with Crippen molar-refractivity contribution in [3.8, 4) is 0 Å². The van der Waals surface area contributed by atoms with Crippen molar-refractivity contribution in [2.45, 2.75) is 46.3 Å². The summed E-state index contributed by atoms with van der Waals surface area (Å²) in [4.78, 5) is 37.3. The third-order valence-corrected chi connectivity index (χ3v) is 4.41. The van der Waals surface area contributed by atoms with E-state index in [4.69, 9.17) is 0 Å². The van der Waals surface area contributed by atoms with Crippen LogP contribution in [0.15, 0.2) is 10.9 Å². The first kappa shape index (κ1) is 17.0. The summed E-state index contributed by atoms with van der Waals surface area (Å²) in [5.41, 5.74) is 2.63. The number of hydrogen-bond donors (Lipinski definition) is 3. The zero-order valence-corrected chi connectivity index (χ0v) is 14.4. The fourth-order valence-corrected chi connectivity index (χ4v) is 2.89. The Hall–Kier alpha value is -2.84. The minimum Gasteiger partial charge on any atom is -0.350 e. The van der Waals surface area contributed by atoms with Crippen molar-refractivity contribution in [2.24, 2.45) is 0 Å². The number of aromatic nitrogens is 4. The molecule has 3 N–H and O–H groups in total. The highest BCUT2D eigenvalue weighted by Crippen LogP contribution is 2.15. The Morgan fingerprint density at radius 3 is 2.80 bits per heavy atom. The number of nitrogens with zero attached hydrogens (tertiary/aromatic N) is 3. The summed E-state index contributed by atoms with van der Waals surface area (Å²) in [6.07, 6.45) is 0.520. The van der Waals surface area contributed by atoms with Crippen LogP contribution >= 0.6 is 0 Å². The van der Waals surface area contributed by atoms with Gasteiger partial charge in [-0.05, 0) is 13.0 Å². The number of amides is 2. The number of carbonyl (C=O) groups excluding carboxylic acids is 2. The minimum absolute atomic E-state index is 0.0186. The first-order valence-electron chi connectivity index (χ1n) is 8.34. The van der Waals surface area contributed by atoms with E-state index in [0.29, 0.717) is 43.9 Å². The van der Waals surface area contributed by atoms with E-state index >= 15 is 0 Å². The summed E-state index contributed by atoms with van der Waals surface area (Å²) in [5, 5.41) is 12.5. The van der Waals surface area contributed by atoms with Crippen LogP contribution < -0.4 is 10.9 Å². The third-order valence-electron chi connectivity index (χ3n) is 4.41. The van der Waals surface area contributed by atoms with Gasteiger partial charge in [-0.2, -0.15) is 5.10 Å². The summed E-state index contributed by atoms with van der Waals surface area (Å²) in [7, 11) is 0. The minimum atomic E-state index is -0.248. The molecule has 3 heterocycles. The van der Waals surface area contributed by atoms with Crippen molar-refractivity contribution in [3.05, 3.63) is 39.1 Å². The Labute approximate surface area is 144 Å². The smallest absolute Gasteiger partial charge is 0.267 e. The first-order valence-corrected chi connectivity index (χ1v) is 8.34. The average molecular weight is 346 g/mol. The van der Waals surface area contributed by atoms with Gasteiger partial charge in [-0.15, -0.1) is 0 Å². The lowest BCUT2D eigenvalue weighted by atomic mass is 10.1. The Morgan fingerprint density at radius 2 is 2.12 bits per heavy atom. The number of aromatic amines is 2. The van der Waals surface area contributed by atoms with E-state index in [1.807, 2.05) is 10.7 Å². The maximum Gasteiger partial charge on any atom is 0.267 e. The number of carbonyl (C=O) groups is 2. The van der Waals surface area contributed by atoms with Gasteiger partial charge in [0.1, 0.15) is 0 Å². The van der Waals surface area contributed by atoms with Gasteiger partial charge in [-0.1, -0.05) is 6.92 Å². The van der Waals surface area contributed by atoms with Crippen LogP contribution in [0.25, 0.3) is 0 Å². The van der Waals surface area contributed by atoms with Crippen LogP contribution in [-0.4, -0.2) is 43.2 Å². The molecule has 0 aliphatic carbocycles. The summed E-state index contributed by atoms with van der Waals surface area (Å²) < 4.78 is 1.87. The van der Waals surface area contributed by atoms with Crippen LogP contribution in [0.5, 0.6) is 0 Å². The molecule has 1 aliphatic heterocycles. The van der Waals surface area contributed by atoms with E-state index in [2.05, 4.69) is 20.6 Å². The van der Waals surface area contributed by atoms with Crippen molar-refractivity contribution in [2.75, 3.05) is 6.54 Å². The zero-order chi connectivity index (χ0) is 18.0. The van der Waals surface area contributed by atoms with Gasteiger partial charge in [-0.25, -0.2) is 0 Å². The molecule has 0 bridgehead atoms. The number of H-pyrrole nitrogens is 2. The van der Waals surface area contributed by atoms with E-state index in [0.717, 1.165) is 11.4 Å². The van der Waals surface area contributed by atoms with Gasteiger partial charge < -0.3 is 15.3 Å². The lowest BCUT2D eigenvalue weighted by molar-refractivity contribution is -0.132. The van der Waals surface area contributed by atoms with Gasteiger partial charge in [-0.3, -0.25) is 24.2 Å². The maximum atomic E-state index is 12.5. The van der Waals surface area contributed by atoms with Crippen LogP contribution in [-0.2, 0) is 35.6 Å². The summed E-state index contributed by atoms with van der Waals surface area (Å²) in [6, 6.07) is 1.91. The number of aryl methyl sites for hydroxylation is 1. The second-order valence-corrected chi connectivity index (χ2v) is 6.16. The van der Waals surface area contributed by atoms with E-state index in [1.54, 1.807) is 18.7 Å². The number of hydrogen-bond acceptors (Lipinski definition) is 4. The molecule has 3 rings (SSSR count). The molecule has 0 saturated carbocycles. The largest absolute Gasteiger partial charge is 0.350 e.